The van der Waals surface area contributed by atoms with Gasteiger partial charge in [0.25, 0.3) is 0 Å². The third-order valence-electron chi connectivity index (χ3n) is 5.03. The molecule has 0 unspecified atom stereocenters. The molecule has 0 radical (unpaired) electrons. The molecule has 5 rings (SSSR count). The summed E-state index contributed by atoms with van der Waals surface area (Å²) in [6.07, 6.45) is 1.55. The number of hydrogen-bond donors (Lipinski definition) is 0. The predicted octanol–water partition coefficient (Wildman–Crippen LogP) is 6.24. The highest BCUT2D eigenvalue weighted by Gasteiger charge is 2.32. The van der Waals surface area contributed by atoms with Crippen LogP contribution in [0.15, 0.2) is 78.4 Å². The molecule has 0 amide bonds. The molecule has 0 bridgehead atoms. The first-order valence-electron chi connectivity index (χ1n) is 9.42. The van der Waals surface area contributed by atoms with E-state index < -0.39 is 5.97 Å². The number of allylic oxidation sites excluding steroid dienone is 1. The second-order valence-electron chi connectivity index (χ2n) is 6.96. The van der Waals surface area contributed by atoms with Gasteiger partial charge < -0.3 is 4.74 Å². The number of carbonyl (C=O) groups excluding carboxylic acids is 3. The average Bonchev–Trinajstić information content (AvgIpc) is 3.25. The molecule has 150 valence electrons. The smallest absolute Gasteiger partial charge is 0.355 e. The van der Waals surface area contributed by atoms with E-state index in [4.69, 9.17) is 16.3 Å². The number of Topliss-reactive ketones (excluding diaryl/α,β-unsaturated/α-hetero) is 2. The van der Waals surface area contributed by atoms with Gasteiger partial charge in [0.2, 0.25) is 0 Å². The molecule has 0 aliphatic heterocycles. The zero-order valence-electron chi connectivity index (χ0n) is 15.9. The summed E-state index contributed by atoms with van der Waals surface area (Å²) in [5.74, 6) is -0.757. The summed E-state index contributed by atoms with van der Waals surface area (Å²) in [6.45, 7) is 0. The van der Waals surface area contributed by atoms with Crippen LogP contribution in [-0.2, 0) is 0 Å². The monoisotopic (exact) mass is 444 g/mol. The minimum Gasteiger partial charge on any atom is -0.422 e. The van der Waals surface area contributed by atoms with Crippen molar-refractivity contribution in [3.8, 4) is 5.75 Å². The van der Waals surface area contributed by atoms with E-state index in [1.807, 2.05) is 24.3 Å². The molecule has 6 heteroatoms. The Morgan fingerprint density at radius 2 is 1.45 bits per heavy atom. The van der Waals surface area contributed by atoms with Crippen molar-refractivity contribution < 1.29 is 19.1 Å². The second-order valence-corrected chi connectivity index (χ2v) is 8.39. The van der Waals surface area contributed by atoms with Crippen molar-refractivity contribution in [2.75, 3.05) is 0 Å². The van der Waals surface area contributed by atoms with Crippen LogP contribution in [0.1, 0.15) is 36.0 Å². The first-order chi connectivity index (χ1) is 15.0. The van der Waals surface area contributed by atoms with Gasteiger partial charge >= 0.3 is 5.97 Å². The highest BCUT2D eigenvalue weighted by atomic mass is 35.5. The van der Waals surface area contributed by atoms with Gasteiger partial charge in [-0.3, -0.25) is 9.59 Å². The second kappa shape index (κ2) is 7.61. The van der Waals surface area contributed by atoms with Crippen LogP contribution in [-0.4, -0.2) is 17.5 Å². The van der Waals surface area contributed by atoms with E-state index in [-0.39, 0.29) is 17.1 Å². The van der Waals surface area contributed by atoms with Crippen LogP contribution in [0.25, 0.3) is 16.2 Å². The molecule has 0 fully saturated rings. The van der Waals surface area contributed by atoms with Crippen molar-refractivity contribution in [2.45, 2.75) is 0 Å². The molecule has 0 saturated carbocycles. The van der Waals surface area contributed by atoms with Crippen LogP contribution in [0.2, 0.25) is 5.02 Å². The van der Waals surface area contributed by atoms with Crippen molar-refractivity contribution in [3.05, 3.63) is 105 Å². The SMILES string of the molecule is O=C1C(=Cc2ccc(OC(=O)c3sc4ccccc4c3Cl)cc2)C(=O)c2ccccc21. The third-order valence-corrected chi connectivity index (χ3v) is 6.68. The van der Waals surface area contributed by atoms with Gasteiger partial charge in [-0.15, -0.1) is 11.3 Å². The van der Waals surface area contributed by atoms with Crippen molar-refractivity contribution in [1.29, 1.82) is 0 Å². The summed E-state index contributed by atoms with van der Waals surface area (Å²) < 4.78 is 6.37. The lowest BCUT2D eigenvalue weighted by Crippen LogP contribution is -2.06. The minimum absolute atomic E-state index is 0.128. The molecule has 4 nitrogen and oxygen atoms in total. The van der Waals surface area contributed by atoms with Crippen LogP contribution >= 0.6 is 22.9 Å². The molecule has 1 aliphatic carbocycles. The van der Waals surface area contributed by atoms with E-state index in [0.29, 0.717) is 32.3 Å². The summed E-state index contributed by atoms with van der Waals surface area (Å²) in [5.41, 5.74) is 1.63. The lowest BCUT2D eigenvalue weighted by atomic mass is 10.1. The molecule has 0 atom stereocenters. The van der Waals surface area contributed by atoms with Crippen molar-refractivity contribution in [2.24, 2.45) is 0 Å². The van der Waals surface area contributed by atoms with E-state index in [0.717, 1.165) is 10.1 Å². The van der Waals surface area contributed by atoms with Crippen LogP contribution in [0.4, 0.5) is 0 Å². The molecule has 1 aromatic heterocycles. The van der Waals surface area contributed by atoms with Gasteiger partial charge in [0, 0.05) is 21.2 Å². The minimum atomic E-state index is -0.533. The number of halogens is 1. The fourth-order valence-corrected chi connectivity index (χ4v) is 4.89. The molecule has 31 heavy (non-hydrogen) atoms. The Kier molecular flexibility index (Phi) is 4.77. The Hall–Kier alpha value is -3.54. The molecule has 0 N–H and O–H groups in total. The van der Waals surface area contributed by atoms with Gasteiger partial charge in [0.1, 0.15) is 10.6 Å². The summed E-state index contributed by atoms with van der Waals surface area (Å²) >= 11 is 7.62. The van der Waals surface area contributed by atoms with Crippen molar-refractivity contribution >= 4 is 56.6 Å². The van der Waals surface area contributed by atoms with Gasteiger partial charge in [0.15, 0.2) is 11.6 Å². The lowest BCUT2D eigenvalue weighted by molar-refractivity contribution is 0.0739. The number of ether oxygens (including phenoxy) is 1. The average molecular weight is 445 g/mol. The quantitative estimate of drug-likeness (QED) is 0.162. The number of esters is 1. The summed E-state index contributed by atoms with van der Waals surface area (Å²) in [5, 5.41) is 1.19. The summed E-state index contributed by atoms with van der Waals surface area (Å²) in [4.78, 5) is 38.0. The van der Waals surface area contributed by atoms with Gasteiger partial charge in [-0.25, -0.2) is 4.79 Å². The van der Waals surface area contributed by atoms with E-state index in [1.165, 1.54) is 11.3 Å². The Labute approximate surface area is 186 Å². The van der Waals surface area contributed by atoms with E-state index in [9.17, 15) is 14.4 Å². The van der Waals surface area contributed by atoms with Crippen LogP contribution < -0.4 is 4.74 Å². The molecule has 1 aliphatic rings. The molecule has 0 saturated heterocycles. The lowest BCUT2D eigenvalue weighted by Gasteiger charge is -2.04. The molecule has 1 heterocycles. The fourth-order valence-electron chi connectivity index (χ4n) is 3.50. The number of rotatable bonds is 3. The van der Waals surface area contributed by atoms with Gasteiger partial charge in [-0.2, -0.15) is 0 Å². The normalized spacial score (nSPS) is 12.9. The molecular formula is C25H13ClO4S. The Morgan fingerprint density at radius 1 is 0.839 bits per heavy atom. The van der Waals surface area contributed by atoms with Gasteiger partial charge in [-0.1, -0.05) is 66.2 Å². The number of benzene rings is 3. The van der Waals surface area contributed by atoms with Gasteiger partial charge in [-0.05, 0) is 29.8 Å². The Morgan fingerprint density at radius 3 is 2.10 bits per heavy atom. The van der Waals surface area contributed by atoms with Crippen LogP contribution in [0.5, 0.6) is 5.75 Å². The topological polar surface area (TPSA) is 60.4 Å². The summed E-state index contributed by atoms with van der Waals surface area (Å²) in [6, 6.07) is 20.9. The highest BCUT2D eigenvalue weighted by molar-refractivity contribution is 7.21. The number of ketones is 2. The molecule has 0 spiro atoms. The van der Waals surface area contributed by atoms with Crippen molar-refractivity contribution in [1.82, 2.24) is 0 Å². The zero-order valence-corrected chi connectivity index (χ0v) is 17.5. The summed E-state index contributed by atoms with van der Waals surface area (Å²) in [7, 11) is 0. The molecule has 4 aromatic rings. The number of fused-ring (bicyclic) bond motifs is 2. The first kappa shape index (κ1) is 19.4. The number of carbonyl (C=O) groups is 3. The molecule has 3 aromatic carbocycles. The highest BCUT2D eigenvalue weighted by Crippen LogP contribution is 2.36. The maximum atomic E-state index is 12.6. The standard InChI is InChI=1S/C25H13ClO4S/c26-21-18-7-3-4-8-20(18)31-24(21)25(29)30-15-11-9-14(10-12-15)13-19-22(27)16-5-1-2-6-17(16)23(19)28/h1-13H. The predicted molar refractivity (Wildman–Crippen MR) is 121 cm³/mol. The maximum absolute atomic E-state index is 12.6. The zero-order chi connectivity index (χ0) is 21.5. The van der Waals surface area contributed by atoms with E-state index >= 15 is 0 Å². The largest absolute Gasteiger partial charge is 0.422 e. The van der Waals surface area contributed by atoms with E-state index in [1.54, 1.807) is 54.6 Å². The number of thiophene rings is 1. The van der Waals surface area contributed by atoms with E-state index in [2.05, 4.69) is 0 Å². The van der Waals surface area contributed by atoms with Crippen LogP contribution in [0.3, 0.4) is 0 Å². The van der Waals surface area contributed by atoms with Gasteiger partial charge in [0.05, 0.1) is 10.6 Å². The number of hydrogen-bond acceptors (Lipinski definition) is 5. The Balaban J connectivity index is 1.36. The first-order valence-corrected chi connectivity index (χ1v) is 10.6. The van der Waals surface area contributed by atoms with Crippen molar-refractivity contribution in [3.63, 3.8) is 0 Å². The maximum Gasteiger partial charge on any atom is 0.355 e. The molecular weight excluding hydrogens is 432 g/mol. The Bertz CT molecular complexity index is 1380. The fraction of sp³-hybridized carbons (Fsp3) is 0. The third kappa shape index (κ3) is 3.38. The van der Waals surface area contributed by atoms with Crippen LogP contribution in [0, 0.1) is 0 Å².